The molecule has 13 nitrogen and oxygen atoms in total. The normalized spacial score (nSPS) is 12.4. The van der Waals surface area contributed by atoms with Gasteiger partial charge in [0.2, 0.25) is 5.91 Å². The highest BCUT2D eigenvalue weighted by Gasteiger charge is 2.20. The molecule has 1 aromatic carbocycles. The van der Waals surface area contributed by atoms with Gasteiger partial charge in [-0.05, 0) is 45.2 Å². The zero-order chi connectivity index (χ0) is 29.1. The van der Waals surface area contributed by atoms with Gasteiger partial charge in [-0.2, -0.15) is 0 Å². The van der Waals surface area contributed by atoms with Crippen LogP contribution in [0.5, 0.6) is 5.75 Å². The van der Waals surface area contributed by atoms with E-state index in [0.29, 0.717) is 31.7 Å². The van der Waals surface area contributed by atoms with Crippen LogP contribution in [0.25, 0.3) is 0 Å². The van der Waals surface area contributed by atoms with Gasteiger partial charge in [-0.15, -0.1) is 16.7 Å². The van der Waals surface area contributed by atoms with Crippen LogP contribution in [0.2, 0.25) is 0 Å². The van der Waals surface area contributed by atoms with Crippen LogP contribution < -0.4 is 15.4 Å². The number of carbonyl (C=O) groups excluding carboxylic acids is 1. The number of carbonyl (C=O) groups is 3. The third-order valence-electron chi connectivity index (χ3n) is 4.72. The monoisotopic (exact) mass is 539 g/mol. The number of aliphatic hydroxyl groups is 1. The summed E-state index contributed by atoms with van der Waals surface area (Å²) in [5, 5.41) is 41.2. The lowest BCUT2D eigenvalue weighted by atomic mass is 10.1. The Morgan fingerprint density at radius 3 is 2.34 bits per heavy atom. The molecule has 38 heavy (non-hydrogen) atoms. The maximum atomic E-state index is 11.9. The fraction of sp³-hybridized carbons (Fsp3) is 0.480. The second kappa shape index (κ2) is 18.3. The van der Waals surface area contributed by atoms with Crippen molar-refractivity contribution in [3.8, 4) is 5.75 Å². The van der Waals surface area contributed by atoms with Gasteiger partial charge in [0, 0.05) is 37.2 Å². The van der Waals surface area contributed by atoms with Crippen molar-refractivity contribution >= 4 is 17.8 Å². The fourth-order valence-electron chi connectivity index (χ4n) is 2.75. The summed E-state index contributed by atoms with van der Waals surface area (Å²) in [4.78, 5) is 45.7. The molecule has 0 aliphatic heterocycles. The molecule has 0 bridgehead atoms. The maximum Gasteiger partial charge on any atom is 0.328 e. The number of allylic oxidation sites excluding steroid dienone is 1. The van der Waals surface area contributed by atoms with Crippen molar-refractivity contribution in [3.05, 3.63) is 64.8 Å². The van der Waals surface area contributed by atoms with Crippen LogP contribution in [0.1, 0.15) is 39.2 Å². The largest absolute Gasteiger partial charge is 0.491 e. The molecule has 0 heterocycles. The highest BCUT2D eigenvalue weighted by Crippen LogP contribution is 2.19. The summed E-state index contributed by atoms with van der Waals surface area (Å²) in [5.74, 6) is -2.01. The number of para-hydroxylation sites is 1. The van der Waals surface area contributed by atoms with Crippen molar-refractivity contribution in [1.29, 1.82) is 0 Å². The van der Waals surface area contributed by atoms with Gasteiger partial charge in [0.15, 0.2) is 0 Å². The second-order valence-corrected chi connectivity index (χ2v) is 8.79. The summed E-state index contributed by atoms with van der Waals surface area (Å²) in [6.07, 6.45) is 2.63. The minimum atomic E-state index is -1.26. The molecular weight excluding hydrogens is 502 g/mol. The van der Waals surface area contributed by atoms with Crippen molar-refractivity contribution in [1.82, 2.24) is 10.6 Å². The van der Waals surface area contributed by atoms with Crippen LogP contribution in [0.15, 0.2) is 49.1 Å². The molecule has 2 atom stereocenters. The Labute approximate surface area is 221 Å². The third-order valence-corrected chi connectivity index (χ3v) is 4.72. The topological polar surface area (TPSA) is 198 Å². The van der Waals surface area contributed by atoms with E-state index < -0.39 is 34.8 Å². The second-order valence-electron chi connectivity index (χ2n) is 8.79. The molecule has 0 aliphatic rings. The van der Waals surface area contributed by atoms with Crippen LogP contribution in [0.4, 0.5) is 0 Å². The smallest absolute Gasteiger partial charge is 0.328 e. The zero-order valence-electron chi connectivity index (χ0n) is 21.8. The molecule has 0 saturated heterocycles. The number of aliphatic hydroxyl groups excluding tert-OH is 1. The number of carboxylic acids is 2. The predicted octanol–water partition coefficient (Wildman–Crippen LogP) is 1.73. The predicted molar refractivity (Wildman–Crippen MR) is 138 cm³/mol. The first-order chi connectivity index (χ1) is 17.8. The molecule has 212 valence electrons. The molecule has 2 unspecified atom stereocenters. The number of carboxylic acid groups (broad SMARTS) is 2. The molecule has 0 spiro atoms. The fourth-order valence-corrected chi connectivity index (χ4v) is 2.75. The molecule has 13 heteroatoms. The van der Waals surface area contributed by atoms with Gasteiger partial charge in [0.25, 0.3) is 5.09 Å². The van der Waals surface area contributed by atoms with E-state index in [1.165, 1.54) is 0 Å². The first-order valence-corrected chi connectivity index (χ1v) is 11.7. The Morgan fingerprint density at radius 2 is 1.79 bits per heavy atom. The number of rotatable bonds is 17. The molecule has 0 saturated carbocycles. The van der Waals surface area contributed by atoms with Crippen molar-refractivity contribution in [2.24, 2.45) is 0 Å². The lowest BCUT2D eigenvalue weighted by Gasteiger charge is -2.28. The van der Waals surface area contributed by atoms with Crippen molar-refractivity contribution < 1.29 is 44.4 Å². The van der Waals surface area contributed by atoms with E-state index in [9.17, 15) is 29.6 Å². The summed E-state index contributed by atoms with van der Waals surface area (Å²) < 4.78 is 5.73. The number of nitrogens with one attached hydrogen (secondary N) is 2. The maximum absolute atomic E-state index is 11.9. The number of hydrogen-bond donors (Lipinski definition) is 5. The molecular formula is C25H37N3O10. The Kier molecular flexibility index (Phi) is 16.4. The summed E-state index contributed by atoms with van der Waals surface area (Å²) in [6.45, 7) is 9.85. The van der Waals surface area contributed by atoms with E-state index in [0.717, 1.165) is 11.3 Å². The third kappa shape index (κ3) is 18.3. The molecule has 1 amide bonds. The first kappa shape index (κ1) is 34.0. The number of β-amino-alcohol motifs (C(OH)–C–C–N with tert-alkyl or cyclic N) is 1. The number of nitrogens with zero attached hydrogens (tertiary/aromatic N) is 1. The van der Waals surface area contributed by atoms with Crippen LogP contribution in [-0.4, -0.2) is 75.7 Å². The van der Waals surface area contributed by atoms with E-state index in [2.05, 4.69) is 22.1 Å². The van der Waals surface area contributed by atoms with Gasteiger partial charge >= 0.3 is 11.9 Å². The standard InChI is InChI=1S/C21H33N3O6.C4H4O4/c1-5-8-17-9-6-7-10-19(17)29-14-18(25)13-23-21(3,4)15-22-20(26)12-11-16(2)30-24(27)28;5-3(6)1-2-4(7)8/h5-7,9-10,16,18,23,25H,1,8,11-15H2,2-4H3,(H,22,26);1-2H,(H,5,6)(H,7,8). The summed E-state index contributed by atoms with van der Waals surface area (Å²) in [5.41, 5.74) is 0.550. The highest BCUT2D eigenvalue weighted by molar-refractivity contribution is 5.89. The summed E-state index contributed by atoms with van der Waals surface area (Å²) >= 11 is 0. The van der Waals surface area contributed by atoms with E-state index >= 15 is 0 Å². The van der Waals surface area contributed by atoms with Gasteiger partial charge in [-0.25, -0.2) is 9.59 Å². The Bertz CT molecular complexity index is 933. The number of aliphatic carboxylic acids is 2. The van der Waals surface area contributed by atoms with E-state index in [1.54, 1.807) is 13.0 Å². The molecule has 1 rings (SSSR count). The average molecular weight is 540 g/mol. The van der Waals surface area contributed by atoms with Crippen LogP contribution in [-0.2, 0) is 25.6 Å². The van der Waals surface area contributed by atoms with Crippen LogP contribution in [0, 0.1) is 10.1 Å². The van der Waals surface area contributed by atoms with Gasteiger partial charge in [-0.3, -0.25) is 4.79 Å². The number of amides is 1. The Hall–Kier alpha value is -3.97. The van der Waals surface area contributed by atoms with Gasteiger partial charge in [0.05, 0.1) is 0 Å². The van der Waals surface area contributed by atoms with Crippen molar-refractivity contribution in [2.75, 3.05) is 19.7 Å². The molecule has 0 radical (unpaired) electrons. The SMILES string of the molecule is C=CCc1ccccc1OCC(O)CNC(C)(C)CNC(=O)CCC(C)O[N+](=O)[O-].O=C(O)C=CC(=O)O. The van der Waals surface area contributed by atoms with E-state index in [1.807, 2.05) is 38.1 Å². The average Bonchev–Trinajstić information content (AvgIpc) is 2.83. The highest BCUT2D eigenvalue weighted by atomic mass is 17.0. The van der Waals surface area contributed by atoms with Crippen LogP contribution >= 0.6 is 0 Å². The lowest BCUT2D eigenvalue weighted by molar-refractivity contribution is -0.767. The molecule has 0 fully saturated rings. The number of ether oxygens (including phenoxy) is 1. The Morgan fingerprint density at radius 1 is 1.18 bits per heavy atom. The van der Waals surface area contributed by atoms with Gasteiger partial charge in [-0.1, -0.05) is 24.3 Å². The van der Waals surface area contributed by atoms with Crippen molar-refractivity contribution in [2.45, 2.75) is 57.8 Å². The van der Waals surface area contributed by atoms with Gasteiger partial charge < -0.3 is 35.5 Å². The van der Waals surface area contributed by atoms with Crippen LogP contribution in [0.3, 0.4) is 0 Å². The minimum absolute atomic E-state index is 0.131. The first-order valence-electron chi connectivity index (χ1n) is 11.7. The summed E-state index contributed by atoms with van der Waals surface area (Å²) in [7, 11) is 0. The number of benzene rings is 1. The quantitative estimate of drug-likeness (QED) is 0.0836. The van der Waals surface area contributed by atoms with E-state index in [-0.39, 0.29) is 25.4 Å². The molecule has 1 aromatic rings. The molecule has 5 N–H and O–H groups in total. The summed E-state index contributed by atoms with van der Waals surface area (Å²) in [6, 6.07) is 7.62. The van der Waals surface area contributed by atoms with Gasteiger partial charge in [0.1, 0.15) is 24.6 Å². The molecule has 0 aliphatic carbocycles. The van der Waals surface area contributed by atoms with Crippen molar-refractivity contribution in [3.63, 3.8) is 0 Å². The zero-order valence-corrected chi connectivity index (χ0v) is 21.8. The minimum Gasteiger partial charge on any atom is -0.491 e. The Balaban J connectivity index is 0.00000147. The number of hydrogen-bond acceptors (Lipinski definition) is 9. The molecule has 0 aromatic heterocycles. The van der Waals surface area contributed by atoms with E-state index in [4.69, 9.17) is 14.9 Å². The lowest BCUT2D eigenvalue weighted by Crippen LogP contribution is -2.51.